The molecule has 7 nitrogen and oxygen atoms in total. The van der Waals surface area contributed by atoms with Gasteiger partial charge in [-0.1, -0.05) is 75.9 Å². The van der Waals surface area contributed by atoms with Crippen molar-refractivity contribution in [3.8, 4) is 0 Å². The fourth-order valence-corrected chi connectivity index (χ4v) is 5.99. The number of benzene rings is 3. The predicted molar refractivity (Wildman–Crippen MR) is 164 cm³/mol. The number of carbonyl (C=O) groups is 2. The second kappa shape index (κ2) is 13.9. The molecule has 0 bridgehead atoms. The van der Waals surface area contributed by atoms with Crippen LogP contribution in [0, 0.1) is 6.92 Å². The Morgan fingerprint density at radius 2 is 1.65 bits per heavy atom. The zero-order chi connectivity index (χ0) is 29.6. The van der Waals surface area contributed by atoms with Crippen LogP contribution in [0.4, 0.5) is 5.69 Å². The van der Waals surface area contributed by atoms with E-state index in [2.05, 4.69) is 21.2 Å². The number of rotatable bonds is 11. The van der Waals surface area contributed by atoms with E-state index in [1.165, 1.54) is 17.0 Å². The van der Waals surface area contributed by atoms with Gasteiger partial charge in [0, 0.05) is 17.1 Å². The molecule has 214 valence electrons. The lowest BCUT2D eigenvalue weighted by Crippen LogP contribution is -2.52. The molecular weight excluding hydrogens is 637 g/mol. The van der Waals surface area contributed by atoms with Gasteiger partial charge in [-0.2, -0.15) is 0 Å². The summed E-state index contributed by atoms with van der Waals surface area (Å²) in [6.07, 6.45) is 0.713. The third kappa shape index (κ3) is 8.00. The van der Waals surface area contributed by atoms with Crippen LogP contribution in [0.3, 0.4) is 0 Å². The molecular formula is C29H32BrCl2N3O4S. The number of nitrogens with one attached hydrogen (secondary N) is 1. The maximum absolute atomic E-state index is 14.0. The first-order chi connectivity index (χ1) is 18.8. The standard InChI is InChI=1S/C29H32BrCl2N3O4S/c1-5-20(3)33-29(37)21(4)34(17-22-11-14-26(31)27(32)15-22)28(36)18-35(24-8-6-7-23(30)16-24)40(38,39)25-12-9-19(2)10-13-25/h6-16,20-21H,5,17-18H2,1-4H3,(H,33,37)/t20-,21+/m1/s1. The number of amides is 2. The summed E-state index contributed by atoms with van der Waals surface area (Å²) < 4.78 is 29.5. The Kier molecular flexibility index (Phi) is 11.1. The van der Waals surface area contributed by atoms with Crippen LogP contribution in [0.5, 0.6) is 0 Å². The Balaban J connectivity index is 2.04. The summed E-state index contributed by atoms with van der Waals surface area (Å²) in [5, 5.41) is 3.57. The average Bonchev–Trinajstić information content (AvgIpc) is 2.91. The van der Waals surface area contributed by atoms with E-state index in [-0.39, 0.29) is 23.4 Å². The molecule has 40 heavy (non-hydrogen) atoms. The summed E-state index contributed by atoms with van der Waals surface area (Å²) in [5.74, 6) is -0.910. The molecule has 2 atom stereocenters. The molecule has 3 aromatic carbocycles. The van der Waals surface area contributed by atoms with Crippen LogP contribution in [0.2, 0.25) is 10.0 Å². The van der Waals surface area contributed by atoms with Gasteiger partial charge in [0.2, 0.25) is 11.8 Å². The first kappa shape index (κ1) is 31.9. The van der Waals surface area contributed by atoms with Crippen LogP contribution in [-0.2, 0) is 26.2 Å². The molecule has 0 aliphatic rings. The number of aryl methyl sites for hydroxylation is 1. The van der Waals surface area contributed by atoms with Crippen LogP contribution >= 0.6 is 39.1 Å². The molecule has 0 aliphatic heterocycles. The topological polar surface area (TPSA) is 86.8 Å². The fourth-order valence-electron chi connectivity index (χ4n) is 3.88. The maximum Gasteiger partial charge on any atom is 0.264 e. The van der Waals surface area contributed by atoms with Crippen molar-refractivity contribution in [2.45, 2.75) is 57.6 Å². The van der Waals surface area contributed by atoms with E-state index in [0.29, 0.717) is 32.2 Å². The van der Waals surface area contributed by atoms with Gasteiger partial charge < -0.3 is 10.2 Å². The molecule has 0 aromatic heterocycles. The largest absolute Gasteiger partial charge is 0.352 e. The highest BCUT2D eigenvalue weighted by molar-refractivity contribution is 9.10. The van der Waals surface area contributed by atoms with E-state index in [1.807, 2.05) is 20.8 Å². The Bertz CT molecular complexity index is 1470. The molecule has 3 rings (SSSR count). The van der Waals surface area contributed by atoms with Gasteiger partial charge >= 0.3 is 0 Å². The monoisotopic (exact) mass is 667 g/mol. The van der Waals surface area contributed by atoms with E-state index in [4.69, 9.17) is 23.2 Å². The van der Waals surface area contributed by atoms with Crippen molar-refractivity contribution in [3.63, 3.8) is 0 Å². The van der Waals surface area contributed by atoms with Gasteiger partial charge in [-0.05, 0) is 75.2 Å². The van der Waals surface area contributed by atoms with E-state index >= 15 is 0 Å². The van der Waals surface area contributed by atoms with Crippen LogP contribution in [0.1, 0.15) is 38.3 Å². The van der Waals surface area contributed by atoms with Crippen molar-refractivity contribution in [3.05, 3.63) is 92.4 Å². The average molecular weight is 669 g/mol. The summed E-state index contributed by atoms with van der Waals surface area (Å²) >= 11 is 15.7. The Labute approximate surface area is 254 Å². The normalized spacial score (nSPS) is 12.9. The fraction of sp³-hybridized carbons (Fsp3) is 0.310. The van der Waals surface area contributed by atoms with Gasteiger partial charge in [0.15, 0.2) is 0 Å². The summed E-state index contributed by atoms with van der Waals surface area (Å²) in [6.45, 7) is 6.78. The van der Waals surface area contributed by atoms with Crippen LogP contribution in [0.15, 0.2) is 76.1 Å². The second-order valence-electron chi connectivity index (χ2n) is 9.57. The molecule has 0 radical (unpaired) electrons. The molecule has 0 unspecified atom stereocenters. The van der Waals surface area contributed by atoms with E-state index in [9.17, 15) is 18.0 Å². The smallest absolute Gasteiger partial charge is 0.264 e. The van der Waals surface area contributed by atoms with Gasteiger partial charge in [-0.15, -0.1) is 0 Å². The minimum absolute atomic E-state index is 0.0156. The predicted octanol–water partition coefficient (Wildman–Crippen LogP) is 6.59. The van der Waals surface area contributed by atoms with E-state index in [1.54, 1.807) is 61.5 Å². The summed E-state index contributed by atoms with van der Waals surface area (Å²) in [7, 11) is -4.14. The molecule has 0 saturated heterocycles. The van der Waals surface area contributed by atoms with Crippen molar-refractivity contribution < 1.29 is 18.0 Å². The highest BCUT2D eigenvalue weighted by Gasteiger charge is 2.33. The van der Waals surface area contributed by atoms with Gasteiger partial charge in [0.1, 0.15) is 12.6 Å². The quantitative estimate of drug-likeness (QED) is 0.250. The minimum atomic E-state index is -4.14. The van der Waals surface area contributed by atoms with Crippen LogP contribution < -0.4 is 9.62 Å². The number of halogens is 3. The van der Waals surface area contributed by atoms with Crippen molar-refractivity contribution >= 4 is 66.7 Å². The zero-order valence-corrected chi connectivity index (χ0v) is 26.6. The van der Waals surface area contributed by atoms with Crippen molar-refractivity contribution in [2.75, 3.05) is 10.8 Å². The minimum Gasteiger partial charge on any atom is -0.352 e. The summed E-state index contributed by atoms with van der Waals surface area (Å²) in [6, 6.07) is 17.1. The molecule has 0 saturated carbocycles. The lowest BCUT2D eigenvalue weighted by molar-refractivity contribution is -0.139. The summed E-state index contributed by atoms with van der Waals surface area (Å²) in [5.41, 5.74) is 1.84. The van der Waals surface area contributed by atoms with E-state index < -0.39 is 28.5 Å². The number of sulfonamides is 1. The summed E-state index contributed by atoms with van der Waals surface area (Å²) in [4.78, 5) is 28.5. The first-order valence-corrected chi connectivity index (χ1v) is 15.7. The van der Waals surface area contributed by atoms with Gasteiger partial charge in [-0.3, -0.25) is 13.9 Å². The van der Waals surface area contributed by atoms with Crippen molar-refractivity contribution in [2.24, 2.45) is 0 Å². The molecule has 1 N–H and O–H groups in total. The van der Waals surface area contributed by atoms with Crippen molar-refractivity contribution in [1.82, 2.24) is 10.2 Å². The molecule has 0 spiro atoms. The SMILES string of the molecule is CC[C@@H](C)NC(=O)[C@H](C)N(Cc1ccc(Cl)c(Cl)c1)C(=O)CN(c1cccc(Br)c1)S(=O)(=O)c1ccc(C)cc1. The first-order valence-electron chi connectivity index (χ1n) is 12.7. The van der Waals surface area contributed by atoms with E-state index in [0.717, 1.165) is 9.87 Å². The maximum atomic E-state index is 14.0. The third-order valence-electron chi connectivity index (χ3n) is 6.49. The zero-order valence-electron chi connectivity index (χ0n) is 22.7. The molecule has 0 fully saturated rings. The molecule has 0 heterocycles. The van der Waals surface area contributed by atoms with Crippen LogP contribution in [0.25, 0.3) is 0 Å². The Morgan fingerprint density at radius 1 is 0.975 bits per heavy atom. The van der Waals surface area contributed by atoms with Crippen LogP contribution in [-0.4, -0.2) is 43.8 Å². The number of carbonyl (C=O) groups excluding carboxylic acids is 2. The molecule has 0 aliphatic carbocycles. The highest BCUT2D eigenvalue weighted by Crippen LogP contribution is 2.28. The lowest BCUT2D eigenvalue weighted by Gasteiger charge is -2.32. The Morgan fingerprint density at radius 3 is 2.25 bits per heavy atom. The number of hydrogen-bond acceptors (Lipinski definition) is 4. The second-order valence-corrected chi connectivity index (χ2v) is 13.2. The van der Waals surface area contributed by atoms with Gasteiger partial charge in [0.25, 0.3) is 10.0 Å². The highest BCUT2D eigenvalue weighted by atomic mass is 79.9. The third-order valence-corrected chi connectivity index (χ3v) is 9.51. The molecule has 11 heteroatoms. The van der Waals surface area contributed by atoms with Crippen molar-refractivity contribution in [1.29, 1.82) is 0 Å². The van der Waals surface area contributed by atoms with Gasteiger partial charge in [-0.25, -0.2) is 8.42 Å². The Hall–Kier alpha value is -2.59. The number of nitrogens with zero attached hydrogens (tertiary/aromatic N) is 2. The lowest BCUT2D eigenvalue weighted by atomic mass is 10.1. The molecule has 2 amide bonds. The number of hydrogen-bond donors (Lipinski definition) is 1. The number of anilines is 1. The molecule has 3 aromatic rings. The van der Waals surface area contributed by atoms with Gasteiger partial charge in [0.05, 0.1) is 20.6 Å².